The van der Waals surface area contributed by atoms with Crippen molar-refractivity contribution in [2.45, 2.75) is 15.3 Å². The molecule has 0 amide bonds. The van der Waals surface area contributed by atoms with Gasteiger partial charge in [0.15, 0.2) is 4.51 Å². The second-order valence-electron chi connectivity index (χ2n) is 4.23. The van der Waals surface area contributed by atoms with Crippen LogP contribution in [0.25, 0.3) is 0 Å². The number of allylic oxidation sites excluding steroid dienone is 1. The average Bonchev–Trinajstić information content (AvgIpc) is 2.35. The van der Waals surface area contributed by atoms with E-state index in [1.54, 1.807) is 6.08 Å². The first kappa shape index (κ1) is 17.2. The van der Waals surface area contributed by atoms with Crippen molar-refractivity contribution in [3.8, 4) is 0 Å². The average molecular weight is 648 g/mol. The molecule has 2 atom stereocenters. The van der Waals surface area contributed by atoms with E-state index in [9.17, 15) is 5.11 Å². The number of rotatable bonds is 1. The molecule has 0 bridgehead atoms. The van der Waals surface area contributed by atoms with Crippen molar-refractivity contribution in [1.82, 2.24) is 0 Å². The van der Waals surface area contributed by atoms with Crippen LogP contribution in [-0.2, 0) is 4.32 Å². The SMILES string of the molecule is OC1(Br)C=CC(Br)(c2ccccc2)C(Br)(Br)C1(Br)Br. The summed E-state index contributed by atoms with van der Waals surface area (Å²) in [6.45, 7) is 0. The Kier molecular flexibility index (Phi) is 4.93. The van der Waals surface area contributed by atoms with Crippen LogP contribution < -0.4 is 0 Å². The molecule has 0 saturated carbocycles. The molecule has 0 aliphatic heterocycles. The number of benzene rings is 1. The van der Waals surface area contributed by atoms with E-state index < -0.39 is 15.3 Å². The van der Waals surface area contributed by atoms with E-state index in [2.05, 4.69) is 95.6 Å². The molecule has 1 nitrogen and oxygen atoms in total. The molecule has 19 heavy (non-hydrogen) atoms. The third kappa shape index (κ3) is 2.53. The first-order valence-corrected chi connectivity index (χ1v) is 9.94. The molecule has 0 spiro atoms. The van der Waals surface area contributed by atoms with Crippen molar-refractivity contribution >= 4 is 95.6 Å². The maximum absolute atomic E-state index is 10.5. The predicted octanol–water partition coefficient (Wildman–Crippen LogP) is 5.90. The summed E-state index contributed by atoms with van der Waals surface area (Å²) in [5.41, 5.74) is 1.05. The van der Waals surface area contributed by atoms with Crippen molar-refractivity contribution in [1.29, 1.82) is 0 Å². The third-order valence-corrected chi connectivity index (χ3v) is 14.3. The maximum Gasteiger partial charge on any atom is 0.165 e. The lowest BCUT2D eigenvalue weighted by atomic mass is 9.87. The van der Waals surface area contributed by atoms with Crippen LogP contribution in [0, 0.1) is 0 Å². The molecule has 2 rings (SSSR count). The summed E-state index contributed by atoms with van der Waals surface area (Å²) in [4.78, 5) is 0. The highest BCUT2D eigenvalue weighted by Gasteiger charge is 2.67. The lowest BCUT2D eigenvalue weighted by Crippen LogP contribution is -2.60. The third-order valence-electron chi connectivity index (χ3n) is 3.02. The fraction of sp³-hybridized carbons (Fsp3) is 0.333. The van der Waals surface area contributed by atoms with Crippen LogP contribution in [0.2, 0.25) is 0 Å². The number of alkyl halides is 6. The van der Waals surface area contributed by atoms with Gasteiger partial charge in [-0.15, -0.1) is 0 Å². The van der Waals surface area contributed by atoms with Gasteiger partial charge in [0.1, 0.15) is 6.47 Å². The van der Waals surface area contributed by atoms with Gasteiger partial charge in [-0.1, -0.05) is 116 Å². The fourth-order valence-electron chi connectivity index (χ4n) is 1.84. The lowest BCUT2D eigenvalue weighted by molar-refractivity contribution is 0.171. The molecule has 1 aliphatic rings. The Morgan fingerprint density at radius 2 is 1.26 bits per heavy atom. The zero-order chi connectivity index (χ0) is 14.5. The molecule has 7 heteroatoms. The maximum atomic E-state index is 10.5. The van der Waals surface area contributed by atoms with E-state index in [4.69, 9.17) is 0 Å². The van der Waals surface area contributed by atoms with Crippen molar-refractivity contribution in [3.63, 3.8) is 0 Å². The second kappa shape index (κ2) is 5.46. The lowest BCUT2D eigenvalue weighted by Gasteiger charge is -2.52. The van der Waals surface area contributed by atoms with Crippen LogP contribution in [0.5, 0.6) is 0 Å². The fourth-order valence-corrected chi connectivity index (χ4v) is 6.25. The largest absolute Gasteiger partial charge is 0.373 e. The smallest absolute Gasteiger partial charge is 0.165 e. The first-order valence-electron chi connectivity index (χ1n) is 5.18. The highest BCUT2D eigenvalue weighted by Crippen LogP contribution is 2.68. The Morgan fingerprint density at radius 1 is 0.737 bits per heavy atom. The van der Waals surface area contributed by atoms with E-state index in [0.717, 1.165) is 5.56 Å². The van der Waals surface area contributed by atoms with Gasteiger partial charge in [-0.05, 0) is 27.6 Å². The van der Waals surface area contributed by atoms with Gasteiger partial charge in [0.2, 0.25) is 0 Å². The predicted molar refractivity (Wildman–Crippen MR) is 101 cm³/mol. The van der Waals surface area contributed by atoms with Crippen LogP contribution >= 0.6 is 95.6 Å². The first-order chi connectivity index (χ1) is 8.56. The zero-order valence-electron chi connectivity index (χ0n) is 9.26. The molecule has 0 radical (unpaired) electrons. The molecule has 104 valence electrons. The van der Waals surface area contributed by atoms with Crippen LogP contribution in [0.3, 0.4) is 0 Å². The molecular weight excluding hydrogens is 640 g/mol. The summed E-state index contributed by atoms with van der Waals surface area (Å²) < 4.78 is -3.46. The Hall–Kier alpha value is 1.80. The number of halogens is 6. The molecule has 2 unspecified atom stereocenters. The molecule has 1 aromatic carbocycles. The second-order valence-corrected chi connectivity index (χ2v) is 13.6. The van der Waals surface area contributed by atoms with Gasteiger partial charge in [-0.25, -0.2) is 0 Å². The van der Waals surface area contributed by atoms with Crippen LogP contribution in [0.15, 0.2) is 42.5 Å². The summed E-state index contributed by atoms with van der Waals surface area (Å²) in [5, 5.41) is 10.5. The Balaban J connectivity index is 2.67. The highest BCUT2D eigenvalue weighted by atomic mass is 79.9. The molecule has 1 aromatic rings. The van der Waals surface area contributed by atoms with Gasteiger partial charge in [-0.3, -0.25) is 0 Å². The molecule has 0 saturated heterocycles. The number of hydrogen-bond acceptors (Lipinski definition) is 1. The van der Waals surface area contributed by atoms with Crippen molar-refractivity contribution < 1.29 is 5.11 Å². The van der Waals surface area contributed by atoms with E-state index in [-0.39, 0.29) is 0 Å². The van der Waals surface area contributed by atoms with Gasteiger partial charge in [0.25, 0.3) is 0 Å². The van der Waals surface area contributed by atoms with E-state index in [1.165, 1.54) is 0 Å². The van der Waals surface area contributed by atoms with Crippen LogP contribution in [0.1, 0.15) is 5.56 Å². The number of aliphatic hydroxyl groups is 1. The Morgan fingerprint density at radius 3 is 1.79 bits per heavy atom. The van der Waals surface area contributed by atoms with Crippen molar-refractivity contribution in [2.75, 3.05) is 0 Å². The van der Waals surface area contributed by atoms with Crippen molar-refractivity contribution in [3.05, 3.63) is 48.0 Å². The minimum absolute atomic E-state index is 0.561. The van der Waals surface area contributed by atoms with Crippen LogP contribution in [-0.4, -0.2) is 16.1 Å². The standard InChI is InChI=1S/C12H8Br6O/c13-9(8-4-2-1-3-5-8)6-7-10(14,19)12(17,18)11(9,15)16/h1-7,19H. The zero-order valence-corrected chi connectivity index (χ0v) is 18.8. The summed E-state index contributed by atoms with van der Waals surface area (Å²) in [5.74, 6) is 0. The monoisotopic (exact) mass is 642 g/mol. The van der Waals surface area contributed by atoms with Crippen LogP contribution in [0.4, 0.5) is 0 Å². The minimum Gasteiger partial charge on any atom is -0.373 e. The normalized spacial score (nSPS) is 36.2. The molecule has 0 fully saturated rings. The quantitative estimate of drug-likeness (QED) is 0.298. The van der Waals surface area contributed by atoms with Gasteiger partial charge in [0, 0.05) is 0 Å². The van der Waals surface area contributed by atoms with Gasteiger partial charge < -0.3 is 5.11 Å². The topological polar surface area (TPSA) is 20.2 Å². The van der Waals surface area contributed by atoms with E-state index in [0.29, 0.717) is 0 Å². The molecular formula is C12H8Br6O. The van der Waals surface area contributed by atoms with Gasteiger partial charge in [-0.2, -0.15) is 0 Å². The molecule has 1 aliphatic carbocycles. The summed E-state index contributed by atoms with van der Waals surface area (Å²) in [6.07, 6.45) is 3.60. The van der Waals surface area contributed by atoms with Crippen molar-refractivity contribution in [2.24, 2.45) is 0 Å². The molecule has 1 N–H and O–H groups in total. The molecule has 0 aromatic heterocycles. The van der Waals surface area contributed by atoms with E-state index >= 15 is 0 Å². The molecule has 0 heterocycles. The summed E-state index contributed by atoms with van der Waals surface area (Å²) >= 11 is 21.6. The summed E-state index contributed by atoms with van der Waals surface area (Å²) in [7, 11) is 0. The van der Waals surface area contributed by atoms with Gasteiger partial charge in [0.05, 0.1) is 4.32 Å². The van der Waals surface area contributed by atoms with E-state index in [1.807, 2.05) is 36.4 Å². The minimum atomic E-state index is -1.26. The Bertz CT molecular complexity index is 510. The summed E-state index contributed by atoms with van der Waals surface area (Å²) in [6, 6.07) is 9.95. The highest BCUT2D eigenvalue weighted by molar-refractivity contribution is 9.31. The Labute approximate surface area is 162 Å². The van der Waals surface area contributed by atoms with Gasteiger partial charge >= 0.3 is 0 Å². The number of hydrogen-bond donors (Lipinski definition) is 1.